The summed E-state index contributed by atoms with van der Waals surface area (Å²) >= 11 is 0. The van der Waals surface area contributed by atoms with Crippen LogP contribution in [0.3, 0.4) is 0 Å². The van der Waals surface area contributed by atoms with Crippen molar-refractivity contribution in [2.24, 2.45) is 0 Å². The zero-order valence-corrected chi connectivity index (χ0v) is 13.2. The molecule has 0 amide bonds. The molecule has 1 aliphatic heterocycles. The lowest BCUT2D eigenvalue weighted by molar-refractivity contribution is 0.0793. The normalized spacial score (nSPS) is 16.4. The van der Waals surface area contributed by atoms with Gasteiger partial charge in [-0.2, -0.15) is 0 Å². The van der Waals surface area contributed by atoms with Crippen molar-refractivity contribution >= 4 is 5.69 Å². The second-order valence-electron chi connectivity index (χ2n) is 6.11. The van der Waals surface area contributed by atoms with Crippen molar-refractivity contribution in [3.05, 3.63) is 65.5 Å². The number of hydrogen-bond donors (Lipinski definition) is 2. The van der Waals surface area contributed by atoms with E-state index in [-0.39, 0.29) is 11.9 Å². The zero-order chi connectivity index (χ0) is 16.1. The molecule has 0 aliphatic carbocycles. The van der Waals surface area contributed by atoms with Crippen LogP contribution in [0.1, 0.15) is 24.0 Å². The Morgan fingerprint density at radius 1 is 1.00 bits per heavy atom. The van der Waals surface area contributed by atoms with E-state index in [2.05, 4.69) is 16.3 Å². The standard InChI is InChI=1S/C19H23FN2O/c20-18-7-3-1-5-15(18)13-21-19-8-4-2-6-16(19)14-22-11-9-17(23)10-12-22/h1-8,17,21,23H,9-14H2. The second-order valence-corrected chi connectivity index (χ2v) is 6.11. The van der Waals surface area contributed by atoms with Crippen LogP contribution < -0.4 is 5.32 Å². The monoisotopic (exact) mass is 314 g/mol. The molecular weight excluding hydrogens is 291 g/mol. The number of likely N-dealkylation sites (tertiary alicyclic amines) is 1. The molecule has 1 fully saturated rings. The Kier molecular flexibility index (Phi) is 5.26. The topological polar surface area (TPSA) is 35.5 Å². The zero-order valence-electron chi connectivity index (χ0n) is 13.2. The smallest absolute Gasteiger partial charge is 0.128 e. The van der Waals surface area contributed by atoms with Gasteiger partial charge in [-0.05, 0) is 30.5 Å². The fourth-order valence-corrected chi connectivity index (χ4v) is 2.98. The van der Waals surface area contributed by atoms with E-state index in [1.165, 1.54) is 11.6 Å². The molecule has 2 aromatic carbocycles. The van der Waals surface area contributed by atoms with Crippen molar-refractivity contribution < 1.29 is 9.50 Å². The van der Waals surface area contributed by atoms with Crippen LogP contribution in [-0.4, -0.2) is 29.2 Å². The molecule has 0 unspecified atom stereocenters. The molecule has 2 N–H and O–H groups in total. The number of aliphatic hydroxyl groups is 1. The highest BCUT2D eigenvalue weighted by Crippen LogP contribution is 2.21. The van der Waals surface area contributed by atoms with Crippen molar-refractivity contribution in [1.29, 1.82) is 0 Å². The minimum atomic E-state index is -0.178. The highest BCUT2D eigenvalue weighted by atomic mass is 19.1. The first-order valence-electron chi connectivity index (χ1n) is 8.18. The maximum absolute atomic E-state index is 13.7. The maximum Gasteiger partial charge on any atom is 0.128 e. The summed E-state index contributed by atoms with van der Waals surface area (Å²) in [5.74, 6) is -0.178. The highest BCUT2D eigenvalue weighted by molar-refractivity contribution is 5.51. The number of para-hydroxylation sites is 1. The number of halogens is 1. The van der Waals surface area contributed by atoms with Gasteiger partial charge in [0, 0.05) is 37.4 Å². The van der Waals surface area contributed by atoms with Gasteiger partial charge in [-0.15, -0.1) is 0 Å². The highest BCUT2D eigenvalue weighted by Gasteiger charge is 2.17. The minimum Gasteiger partial charge on any atom is -0.393 e. The number of nitrogens with zero attached hydrogens (tertiary/aromatic N) is 1. The molecule has 0 spiro atoms. The van der Waals surface area contributed by atoms with Gasteiger partial charge in [0.2, 0.25) is 0 Å². The van der Waals surface area contributed by atoms with Crippen LogP contribution in [0.5, 0.6) is 0 Å². The number of aliphatic hydroxyl groups excluding tert-OH is 1. The first kappa shape index (κ1) is 16.0. The average Bonchev–Trinajstić information content (AvgIpc) is 2.57. The summed E-state index contributed by atoms with van der Waals surface area (Å²) in [6, 6.07) is 15.0. The first-order chi connectivity index (χ1) is 11.2. The Bertz CT molecular complexity index is 639. The molecule has 0 bridgehead atoms. The third-order valence-corrected chi connectivity index (χ3v) is 4.40. The van der Waals surface area contributed by atoms with Crippen molar-refractivity contribution in [2.45, 2.75) is 32.0 Å². The van der Waals surface area contributed by atoms with E-state index in [4.69, 9.17) is 0 Å². The van der Waals surface area contributed by atoms with Crippen LogP contribution in [0, 0.1) is 5.82 Å². The molecule has 3 nitrogen and oxygen atoms in total. The average molecular weight is 314 g/mol. The predicted octanol–water partition coefficient (Wildman–Crippen LogP) is 3.39. The molecule has 0 radical (unpaired) electrons. The van der Waals surface area contributed by atoms with Crippen molar-refractivity contribution in [3.63, 3.8) is 0 Å². The minimum absolute atomic E-state index is 0.152. The van der Waals surface area contributed by atoms with Gasteiger partial charge in [-0.1, -0.05) is 36.4 Å². The first-order valence-corrected chi connectivity index (χ1v) is 8.18. The Morgan fingerprint density at radius 2 is 1.65 bits per heavy atom. The fraction of sp³-hybridized carbons (Fsp3) is 0.368. The van der Waals surface area contributed by atoms with Crippen LogP contribution >= 0.6 is 0 Å². The van der Waals surface area contributed by atoms with Gasteiger partial charge in [-0.3, -0.25) is 4.90 Å². The lowest BCUT2D eigenvalue weighted by Gasteiger charge is -2.30. The van der Waals surface area contributed by atoms with E-state index in [1.54, 1.807) is 12.1 Å². The third-order valence-electron chi connectivity index (χ3n) is 4.40. The molecule has 2 aromatic rings. The van der Waals surface area contributed by atoms with E-state index in [1.807, 2.05) is 24.3 Å². The van der Waals surface area contributed by atoms with Crippen LogP contribution in [0.25, 0.3) is 0 Å². The molecule has 0 atom stereocenters. The largest absolute Gasteiger partial charge is 0.393 e. The molecule has 23 heavy (non-hydrogen) atoms. The van der Waals surface area contributed by atoms with Gasteiger partial charge >= 0.3 is 0 Å². The number of rotatable bonds is 5. The van der Waals surface area contributed by atoms with E-state index in [9.17, 15) is 9.50 Å². The van der Waals surface area contributed by atoms with E-state index in [0.29, 0.717) is 12.1 Å². The second kappa shape index (κ2) is 7.57. The molecule has 3 rings (SSSR count). The molecule has 1 saturated heterocycles. The lowest BCUT2D eigenvalue weighted by Crippen LogP contribution is -2.35. The number of benzene rings is 2. The molecule has 4 heteroatoms. The van der Waals surface area contributed by atoms with E-state index >= 15 is 0 Å². The lowest BCUT2D eigenvalue weighted by atomic mass is 10.1. The van der Waals surface area contributed by atoms with Gasteiger partial charge in [0.25, 0.3) is 0 Å². The molecule has 0 aromatic heterocycles. The summed E-state index contributed by atoms with van der Waals surface area (Å²) in [7, 11) is 0. The quantitative estimate of drug-likeness (QED) is 0.888. The Morgan fingerprint density at radius 3 is 2.39 bits per heavy atom. The molecule has 1 heterocycles. The van der Waals surface area contributed by atoms with Crippen molar-refractivity contribution in [1.82, 2.24) is 4.90 Å². The third kappa shape index (κ3) is 4.30. The van der Waals surface area contributed by atoms with E-state index < -0.39 is 0 Å². The van der Waals surface area contributed by atoms with Crippen LogP contribution in [0.15, 0.2) is 48.5 Å². The van der Waals surface area contributed by atoms with Crippen molar-refractivity contribution in [2.75, 3.05) is 18.4 Å². The van der Waals surface area contributed by atoms with E-state index in [0.717, 1.165) is 38.2 Å². The Labute approximate surface area is 136 Å². The Balaban J connectivity index is 1.65. The molecule has 0 saturated carbocycles. The SMILES string of the molecule is OC1CCN(Cc2ccccc2NCc2ccccc2F)CC1. The number of hydrogen-bond acceptors (Lipinski definition) is 3. The van der Waals surface area contributed by atoms with Crippen molar-refractivity contribution in [3.8, 4) is 0 Å². The maximum atomic E-state index is 13.7. The summed E-state index contributed by atoms with van der Waals surface area (Å²) in [6.45, 7) is 3.17. The van der Waals surface area contributed by atoms with Gasteiger partial charge in [0.1, 0.15) is 5.82 Å². The number of piperidine rings is 1. The van der Waals surface area contributed by atoms with Crippen LogP contribution in [0.2, 0.25) is 0 Å². The molecule has 122 valence electrons. The summed E-state index contributed by atoms with van der Waals surface area (Å²) in [5.41, 5.74) is 2.92. The van der Waals surface area contributed by atoms with Gasteiger partial charge in [0.15, 0.2) is 0 Å². The number of nitrogens with one attached hydrogen (secondary N) is 1. The van der Waals surface area contributed by atoms with Gasteiger partial charge < -0.3 is 10.4 Å². The van der Waals surface area contributed by atoms with Crippen LogP contribution in [0.4, 0.5) is 10.1 Å². The predicted molar refractivity (Wildman–Crippen MR) is 90.7 cm³/mol. The molecule has 1 aliphatic rings. The van der Waals surface area contributed by atoms with Gasteiger partial charge in [-0.25, -0.2) is 4.39 Å². The van der Waals surface area contributed by atoms with Gasteiger partial charge in [0.05, 0.1) is 6.10 Å². The molecular formula is C19H23FN2O. The summed E-state index contributed by atoms with van der Waals surface area (Å²) < 4.78 is 13.7. The summed E-state index contributed by atoms with van der Waals surface area (Å²) in [6.07, 6.45) is 1.52. The van der Waals surface area contributed by atoms with Crippen LogP contribution in [-0.2, 0) is 13.1 Å². The number of anilines is 1. The fourth-order valence-electron chi connectivity index (χ4n) is 2.98. The summed E-state index contributed by atoms with van der Waals surface area (Å²) in [5, 5.41) is 13.0. The Hall–Kier alpha value is -1.91. The summed E-state index contributed by atoms with van der Waals surface area (Å²) in [4.78, 5) is 2.36.